The van der Waals surface area contributed by atoms with Crippen molar-refractivity contribution in [2.24, 2.45) is 5.73 Å². The molecule has 0 aromatic heterocycles. The Balaban J connectivity index is 3.66. The molecular weight excluding hydrogens is 100 g/mol. The first-order chi connectivity index (χ1) is 3.85. The quantitative estimate of drug-likeness (QED) is 0.513. The van der Waals surface area contributed by atoms with Gasteiger partial charge in [0.1, 0.15) is 0 Å². The van der Waals surface area contributed by atoms with Crippen LogP contribution in [0.4, 0.5) is 0 Å². The summed E-state index contributed by atoms with van der Waals surface area (Å²) in [5.41, 5.74) is 6.29. The molecule has 0 rings (SSSR count). The molecule has 0 saturated heterocycles. The van der Waals surface area contributed by atoms with E-state index < -0.39 is 0 Å². The zero-order valence-electron chi connectivity index (χ0n) is 5.15. The Kier molecular flexibility index (Phi) is 3.98. The Morgan fingerprint density at radius 3 is 2.62 bits per heavy atom. The van der Waals surface area contributed by atoms with E-state index in [1.807, 2.05) is 13.1 Å². The molecule has 46 valence electrons. The first kappa shape index (κ1) is 7.24. The Hall–Kier alpha value is -0.760. The van der Waals surface area contributed by atoms with Gasteiger partial charge >= 0.3 is 0 Å². The van der Waals surface area contributed by atoms with Crippen molar-refractivity contribution in [3.05, 3.63) is 24.4 Å². The molecule has 0 aromatic carbocycles. The predicted octanol–water partition coefficient (Wildman–Crippen LogP) is 0.234. The summed E-state index contributed by atoms with van der Waals surface area (Å²) < 4.78 is 0. The zero-order valence-corrected chi connectivity index (χ0v) is 5.15. The molecule has 0 heterocycles. The zero-order chi connectivity index (χ0) is 6.41. The highest BCUT2D eigenvalue weighted by Gasteiger charge is 1.81. The van der Waals surface area contributed by atoms with Crippen molar-refractivity contribution >= 4 is 0 Å². The van der Waals surface area contributed by atoms with Gasteiger partial charge in [-0.25, -0.2) is 0 Å². The van der Waals surface area contributed by atoms with Gasteiger partial charge in [-0.05, 0) is 6.08 Å². The molecule has 0 amide bonds. The molecular formula is C6H12N2. The normalized spacial score (nSPS) is 11.0. The van der Waals surface area contributed by atoms with Gasteiger partial charge in [0.25, 0.3) is 0 Å². The largest absolute Gasteiger partial charge is 0.390 e. The van der Waals surface area contributed by atoms with E-state index in [4.69, 9.17) is 5.73 Å². The average Bonchev–Trinajstić information content (AvgIpc) is 1.83. The van der Waals surface area contributed by atoms with E-state index in [1.165, 1.54) is 0 Å². The number of hydrogen-bond acceptors (Lipinski definition) is 2. The monoisotopic (exact) mass is 112 g/mol. The number of allylic oxidation sites excluding steroid dienone is 2. The highest BCUT2D eigenvalue weighted by molar-refractivity contribution is 5.08. The lowest BCUT2D eigenvalue weighted by molar-refractivity contribution is 0.927. The van der Waals surface area contributed by atoms with Crippen LogP contribution in [0.15, 0.2) is 24.4 Å². The standard InChI is InChI=1S/C6H12N2/c1-3-4-6(5-7)8-2/h3-4,8H,1,5,7H2,2H3/b6-4-. The third-order valence-electron chi connectivity index (χ3n) is 0.860. The first-order valence-corrected chi connectivity index (χ1v) is 2.54. The molecule has 0 unspecified atom stereocenters. The summed E-state index contributed by atoms with van der Waals surface area (Å²) in [5.74, 6) is 0. The van der Waals surface area contributed by atoms with Crippen LogP contribution in [-0.4, -0.2) is 13.6 Å². The maximum atomic E-state index is 5.29. The average molecular weight is 112 g/mol. The minimum absolute atomic E-state index is 0.544. The van der Waals surface area contributed by atoms with Crippen molar-refractivity contribution in [2.75, 3.05) is 13.6 Å². The fourth-order valence-corrected chi connectivity index (χ4v) is 0.396. The van der Waals surface area contributed by atoms with Crippen molar-refractivity contribution in [3.8, 4) is 0 Å². The van der Waals surface area contributed by atoms with Crippen molar-refractivity contribution in [2.45, 2.75) is 0 Å². The predicted molar refractivity (Wildman–Crippen MR) is 36.4 cm³/mol. The van der Waals surface area contributed by atoms with Gasteiger partial charge in [0, 0.05) is 19.3 Å². The van der Waals surface area contributed by atoms with Gasteiger partial charge < -0.3 is 11.1 Å². The smallest absolute Gasteiger partial charge is 0.0328 e. The van der Waals surface area contributed by atoms with E-state index in [-0.39, 0.29) is 0 Å². The van der Waals surface area contributed by atoms with Gasteiger partial charge in [0.05, 0.1) is 0 Å². The second-order valence-electron chi connectivity index (χ2n) is 1.38. The lowest BCUT2D eigenvalue weighted by Gasteiger charge is -1.98. The molecule has 0 spiro atoms. The molecule has 0 aliphatic rings. The summed E-state index contributed by atoms with van der Waals surface area (Å²) in [4.78, 5) is 0. The maximum absolute atomic E-state index is 5.29. The van der Waals surface area contributed by atoms with E-state index in [9.17, 15) is 0 Å². The number of hydrogen-bond donors (Lipinski definition) is 2. The second kappa shape index (κ2) is 4.40. The molecule has 2 heteroatoms. The van der Waals surface area contributed by atoms with Crippen molar-refractivity contribution < 1.29 is 0 Å². The highest BCUT2D eigenvalue weighted by Crippen LogP contribution is 1.81. The van der Waals surface area contributed by atoms with Gasteiger partial charge in [-0.2, -0.15) is 0 Å². The lowest BCUT2D eigenvalue weighted by Crippen LogP contribution is -2.15. The minimum atomic E-state index is 0.544. The summed E-state index contributed by atoms with van der Waals surface area (Å²) in [7, 11) is 1.84. The number of likely N-dealkylation sites (N-methyl/N-ethyl adjacent to an activating group) is 1. The van der Waals surface area contributed by atoms with Crippen LogP contribution in [0.1, 0.15) is 0 Å². The van der Waals surface area contributed by atoms with Gasteiger partial charge in [0.2, 0.25) is 0 Å². The molecule has 0 saturated carbocycles. The number of rotatable bonds is 3. The number of nitrogens with two attached hydrogens (primary N) is 1. The van der Waals surface area contributed by atoms with Crippen LogP contribution in [0.25, 0.3) is 0 Å². The van der Waals surface area contributed by atoms with Crippen LogP contribution in [0, 0.1) is 0 Å². The molecule has 8 heavy (non-hydrogen) atoms. The molecule has 0 fully saturated rings. The van der Waals surface area contributed by atoms with Crippen molar-refractivity contribution in [3.63, 3.8) is 0 Å². The molecule has 0 radical (unpaired) electrons. The highest BCUT2D eigenvalue weighted by atomic mass is 14.9. The van der Waals surface area contributed by atoms with Gasteiger partial charge in [-0.1, -0.05) is 12.7 Å². The Morgan fingerprint density at radius 2 is 2.50 bits per heavy atom. The Labute approximate surface area is 50.1 Å². The summed E-state index contributed by atoms with van der Waals surface area (Å²) in [5, 5.41) is 2.92. The molecule has 0 aliphatic heterocycles. The van der Waals surface area contributed by atoms with Crippen LogP contribution in [-0.2, 0) is 0 Å². The maximum Gasteiger partial charge on any atom is 0.0328 e. The van der Waals surface area contributed by atoms with Gasteiger partial charge in [-0.3, -0.25) is 0 Å². The van der Waals surface area contributed by atoms with Crippen LogP contribution < -0.4 is 11.1 Å². The summed E-state index contributed by atoms with van der Waals surface area (Å²) >= 11 is 0. The lowest BCUT2D eigenvalue weighted by atomic mass is 10.4. The second-order valence-corrected chi connectivity index (χ2v) is 1.38. The van der Waals surface area contributed by atoms with E-state index in [2.05, 4.69) is 11.9 Å². The summed E-state index contributed by atoms with van der Waals surface area (Å²) in [6, 6.07) is 0. The fraction of sp³-hybridized carbons (Fsp3) is 0.333. The van der Waals surface area contributed by atoms with Crippen LogP contribution in [0.3, 0.4) is 0 Å². The van der Waals surface area contributed by atoms with Crippen LogP contribution in [0.5, 0.6) is 0 Å². The molecule has 3 N–H and O–H groups in total. The first-order valence-electron chi connectivity index (χ1n) is 2.54. The topological polar surface area (TPSA) is 38.0 Å². The Bertz CT molecular complexity index is 88.7. The minimum Gasteiger partial charge on any atom is -0.390 e. The van der Waals surface area contributed by atoms with E-state index in [0.717, 1.165) is 5.70 Å². The van der Waals surface area contributed by atoms with Crippen LogP contribution in [0.2, 0.25) is 0 Å². The van der Waals surface area contributed by atoms with Crippen molar-refractivity contribution in [1.29, 1.82) is 0 Å². The third-order valence-corrected chi connectivity index (χ3v) is 0.860. The number of nitrogens with one attached hydrogen (secondary N) is 1. The Morgan fingerprint density at radius 1 is 1.88 bits per heavy atom. The van der Waals surface area contributed by atoms with Crippen LogP contribution >= 0.6 is 0 Å². The van der Waals surface area contributed by atoms with Gasteiger partial charge in [-0.15, -0.1) is 0 Å². The van der Waals surface area contributed by atoms with E-state index in [0.29, 0.717) is 6.54 Å². The molecule has 0 atom stereocenters. The van der Waals surface area contributed by atoms with E-state index >= 15 is 0 Å². The molecule has 2 nitrogen and oxygen atoms in total. The van der Waals surface area contributed by atoms with Crippen molar-refractivity contribution in [1.82, 2.24) is 5.32 Å². The SMILES string of the molecule is C=C/C=C(/CN)NC. The van der Waals surface area contributed by atoms with E-state index in [1.54, 1.807) is 6.08 Å². The molecule has 0 bridgehead atoms. The summed E-state index contributed by atoms with van der Waals surface area (Å²) in [6.07, 6.45) is 3.55. The van der Waals surface area contributed by atoms with Gasteiger partial charge in [0.15, 0.2) is 0 Å². The summed E-state index contributed by atoms with van der Waals surface area (Å²) in [6.45, 7) is 4.07. The molecule has 0 aromatic rings. The third kappa shape index (κ3) is 2.42. The molecule has 0 aliphatic carbocycles. The fourth-order valence-electron chi connectivity index (χ4n) is 0.396.